The highest BCUT2D eigenvalue weighted by molar-refractivity contribution is 7.99. The average molecular weight is 478 g/mol. The van der Waals surface area contributed by atoms with Crippen LogP contribution in [-0.2, 0) is 14.3 Å². The summed E-state index contributed by atoms with van der Waals surface area (Å²) < 4.78 is 13.5. The molecule has 1 aromatic carbocycles. The van der Waals surface area contributed by atoms with Crippen LogP contribution in [0.15, 0.2) is 40.4 Å². The molecule has 0 aliphatic carbocycles. The van der Waals surface area contributed by atoms with Crippen LogP contribution in [0.4, 0.5) is 0 Å². The third-order valence-electron chi connectivity index (χ3n) is 5.32. The van der Waals surface area contributed by atoms with E-state index in [1.165, 1.54) is 18.0 Å². The molecule has 11 heteroatoms. The van der Waals surface area contributed by atoms with Crippen LogP contribution >= 0.6 is 23.4 Å². The molecule has 0 spiro atoms. The zero-order valence-corrected chi connectivity index (χ0v) is 19.4. The van der Waals surface area contributed by atoms with Gasteiger partial charge in [0.15, 0.2) is 10.8 Å². The third-order valence-corrected chi connectivity index (χ3v) is 6.65. The number of nitrogens with zero attached hydrogens (tertiary/aromatic N) is 5. The molecule has 0 radical (unpaired) electrons. The molecule has 3 aromatic rings. The number of hydrogen-bond donors (Lipinski definition) is 0. The number of thioether (sulfide) groups is 1. The molecule has 9 nitrogen and oxygen atoms in total. The minimum atomic E-state index is -0.269. The highest BCUT2D eigenvalue weighted by Gasteiger charge is 2.31. The number of aromatic nitrogens is 4. The van der Waals surface area contributed by atoms with E-state index in [1.807, 2.05) is 12.1 Å². The van der Waals surface area contributed by atoms with E-state index >= 15 is 0 Å². The number of fused-ring (bicyclic) bond motifs is 2. The van der Waals surface area contributed by atoms with Gasteiger partial charge in [-0.05, 0) is 18.2 Å². The Morgan fingerprint density at radius 3 is 2.72 bits per heavy atom. The minimum Gasteiger partial charge on any atom is -0.383 e. The summed E-state index contributed by atoms with van der Waals surface area (Å²) in [5.41, 5.74) is 1.01. The Bertz CT molecular complexity index is 1170. The van der Waals surface area contributed by atoms with Gasteiger partial charge < -0.3 is 14.4 Å². The maximum Gasteiger partial charge on any atom is 0.265 e. The summed E-state index contributed by atoms with van der Waals surface area (Å²) in [7, 11) is 3.20. The Hall–Kier alpha value is -2.40. The smallest absolute Gasteiger partial charge is 0.265 e. The summed E-state index contributed by atoms with van der Waals surface area (Å²) in [6.07, 6.45) is 1.73. The summed E-state index contributed by atoms with van der Waals surface area (Å²) in [5, 5.41) is 5.93. The number of methoxy groups -OCH3 is 2. The molecule has 2 aromatic heterocycles. The van der Waals surface area contributed by atoms with Crippen molar-refractivity contribution in [3.05, 3.63) is 45.8 Å². The molecule has 1 amide bonds. The summed E-state index contributed by atoms with van der Waals surface area (Å²) in [4.78, 5) is 32.7. The summed E-state index contributed by atoms with van der Waals surface area (Å²) >= 11 is 7.58. The lowest BCUT2D eigenvalue weighted by atomic mass is 10.2. The molecule has 4 rings (SSSR count). The number of halogens is 1. The van der Waals surface area contributed by atoms with Crippen LogP contribution in [0, 0.1) is 0 Å². The molecule has 3 heterocycles. The number of ether oxygens (including phenoxy) is 2. The van der Waals surface area contributed by atoms with Gasteiger partial charge in [-0.1, -0.05) is 29.4 Å². The van der Waals surface area contributed by atoms with Crippen molar-refractivity contribution in [2.24, 2.45) is 0 Å². The largest absolute Gasteiger partial charge is 0.383 e. The number of hydrogen-bond acceptors (Lipinski definition) is 7. The molecular weight excluding hydrogens is 454 g/mol. The lowest BCUT2D eigenvalue weighted by Gasteiger charge is -2.24. The number of benzene rings is 1. The molecule has 1 atom stereocenters. The highest BCUT2D eigenvalue weighted by atomic mass is 35.5. The molecular formula is C21H24ClN5O4S. The molecule has 1 aliphatic rings. The second-order valence-corrected chi connectivity index (χ2v) is 8.80. The Morgan fingerprint density at radius 2 is 2.03 bits per heavy atom. The zero-order chi connectivity index (χ0) is 22.7. The molecule has 170 valence electrons. The Kier molecular flexibility index (Phi) is 7.14. The zero-order valence-electron chi connectivity index (χ0n) is 17.9. The second kappa shape index (κ2) is 10.0. The first-order valence-corrected chi connectivity index (χ1v) is 11.5. The van der Waals surface area contributed by atoms with Gasteiger partial charge in [-0.25, -0.2) is 9.67 Å². The molecule has 1 aliphatic heterocycles. The van der Waals surface area contributed by atoms with Gasteiger partial charge in [0.1, 0.15) is 5.39 Å². The predicted octanol–water partition coefficient (Wildman–Crippen LogP) is 2.39. The lowest BCUT2D eigenvalue weighted by Crippen LogP contribution is -2.38. The normalized spacial score (nSPS) is 15.3. The first-order chi connectivity index (χ1) is 15.5. The summed E-state index contributed by atoms with van der Waals surface area (Å²) in [6.45, 7) is 1.83. The highest BCUT2D eigenvalue weighted by Crippen LogP contribution is 2.33. The maximum absolute atomic E-state index is 13.3. The van der Waals surface area contributed by atoms with Gasteiger partial charge in [-0.2, -0.15) is 5.10 Å². The van der Waals surface area contributed by atoms with E-state index in [4.69, 9.17) is 26.1 Å². The fourth-order valence-electron chi connectivity index (χ4n) is 3.67. The van der Waals surface area contributed by atoms with E-state index in [0.29, 0.717) is 53.3 Å². The molecule has 0 saturated heterocycles. The third kappa shape index (κ3) is 4.54. The maximum atomic E-state index is 13.3. The van der Waals surface area contributed by atoms with Crippen molar-refractivity contribution < 1.29 is 14.3 Å². The van der Waals surface area contributed by atoms with Crippen molar-refractivity contribution in [1.82, 2.24) is 24.2 Å². The first-order valence-electron chi connectivity index (χ1n) is 10.2. The number of rotatable bonds is 9. The van der Waals surface area contributed by atoms with Crippen molar-refractivity contribution in [1.29, 1.82) is 0 Å². The lowest BCUT2D eigenvalue weighted by molar-refractivity contribution is -0.133. The van der Waals surface area contributed by atoms with Gasteiger partial charge in [-0.3, -0.25) is 14.2 Å². The van der Waals surface area contributed by atoms with Crippen LogP contribution in [0.5, 0.6) is 0 Å². The van der Waals surface area contributed by atoms with Gasteiger partial charge >= 0.3 is 0 Å². The fourth-order valence-corrected chi connectivity index (χ4v) is 4.99. The van der Waals surface area contributed by atoms with Crippen LogP contribution in [-0.4, -0.2) is 76.4 Å². The molecule has 0 saturated carbocycles. The van der Waals surface area contributed by atoms with Crippen molar-refractivity contribution >= 4 is 40.3 Å². The van der Waals surface area contributed by atoms with Gasteiger partial charge in [0, 0.05) is 44.5 Å². The van der Waals surface area contributed by atoms with Crippen LogP contribution in [0.1, 0.15) is 12.5 Å². The fraction of sp³-hybridized carbons (Fsp3) is 0.429. The van der Waals surface area contributed by atoms with Crippen LogP contribution in [0.25, 0.3) is 16.7 Å². The monoisotopic (exact) mass is 477 g/mol. The van der Waals surface area contributed by atoms with E-state index in [9.17, 15) is 9.59 Å². The summed E-state index contributed by atoms with van der Waals surface area (Å²) in [6, 6.07) is 6.95. The van der Waals surface area contributed by atoms with Crippen LogP contribution < -0.4 is 5.56 Å². The van der Waals surface area contributed by atoms with Gasteiger partial charge in [0.05, 0.1) is 31.1 Å². The predicted molar refractivity (Wildman–Crippen MR) is 123 cm³/mol. The van der Waals surface area contributed by atoms with E-state index in [2.05, 4.69) is 5.10 Å². The van der Waals surface area contributed by atoms with Crippen molar-refractivity contribution in [3.8, 4) is 5.69 Å². The molecule has 1 unspecified atom stereocenters. The Morgan fingerprint density at radius 1 is 1.28 bits per heavy atom. The molecule has 0 bridgehead atoms. The van der Waals surface area contributed by atoms with Crippen molar-refractivity contribution in [2.45, 2.75) is 17.6 Å². The van der Waals surface area contributed by atoms with Crippen molar-refractivity contribution in [3.63, 3.8) is 0 Å². The number of carbonyl (C=O) groups excluding carboxylic acids is 1. The SMILES string of the molecule is COCCN(CCOC)C(=O)CC1CSc2nc3c(cnn3-c3cccc(Cl)c3)c(=O)n21. The quantitative estimate of drug-likeness (QED) is 0.437. The van der Waals surface area contributed by atoms with Crippen LogP contribution in [0.3, 0.4) is 0 Å². The van der Waals surface area contributed by atoms with E-state index < -0.39 is 0 Å². The van der Waals surface area contributed by atoms with E-state index in [-0.39, 0.29) is 23.9 Å². The van der Waals surface area contributed by atoms with E-state index in [1.54, 1.807) is 40.5 Å². The first kappa shape index (κ1) is 22.8. The Balaban J connectivity index is 1.62. The average Bonchev–Trinajstić information content (AvgIpc) is 3.39. The molecule has 0 N–H and O–H groups in total. The minimum absolute atomic E-state index is 0.0424. The van der Waals surface area contributed by atoms with Gasteiger partial charge in [0.25, 0.3) is 5.56 Å². The molecule has 32 heavy (non-hydrogen) atoms. The number of amides is 1. The second-order valence-electron chi connectivity index (χ2n) is 7.38. The van der Waals surface area contributed by atoms with Gasteiger partial charge in [-0.15, -0.1) is 0 Å². The van der Waals surface area contributed by atoms with Crippen LogP contribution in [0.2, 0.25) is 5.02 Å². The molecule has 0 fully saturated rings. The van der Waals surface area contributed by atoms with E-state index in [0.717, 1.165) is 5.69 Å². The Labute approximate surface area is 194 Å². The number of carbonyl (C=O) groups is 1. The summed E-state index contributed by atoms with van der Waals surface area (Å²) in [5.74, 6) is 0.562. The van der Waals surface area contributed by atoms with Crippen molar-refractivity contribution in [2.75, 3.05) is 46.3 Å². The standard InChI is InChI=1S/C21H24ClN5O4S/c1-30-8-6-25(7-9-31-2)18(28)11-16-13-32-21-24-19-17(20(29)26(16)21)12-23-27(19)15-5-3-4-14(22)10-15/h3-5,10,12,16H,6-9,11,13H2,1-2H3. The van der Waals surface area contributed by atoms with Gasteiger partial charge in [0.2, 0.25) is 5.91 Å². The topological polar surface area (TPSA) is 91.5 Å².